The first-order chi connectivity index (χ1) is 15.1. The second-order valence-electron chi connectivity index (χ2n) is 7.71. The summed E-state index contributed by atoms with van der Waals surface area (Å²) in [7, 11) is 0. The smallest absolute Gasteiger partial charge is 0.335 e. The van der Waals surface area contributed by atoms with Crippen LogP contribution in [-0.2, 0) is 11.2 Å². The third-order valence-corrected chi connectivity index (χ3v) is 6.35. The van der Waals surface area contributed by atoms with E-state index < -0.39 is 5.97 Å². The van der Waals surface area contributed by atoms with Crippen molar-refractivity contribution in [3.05, 3.63) is 81.3 Å². The standard InChI is InChI=1S/C25H24N2O3S/c28-23(13-12-18-6-1-2-10-21(18)25(29)30)26-20-9-3-5-17(15-20)11-14-24-27-22(16-31-24)19-7-4-8-19/h1-3,5-6,9-11,14-16,19H,4,7-8,12-13H2,(H,26,28)(H,29,30)/b14-11+. The zero-order valence-corrected chi connectivity index (χ0v) is 17.9. The zero-order chi connectivity index (χ0) is 21.6. The number of amides is 1. The van der Waals surface area contributed by atoms with Gasteiger partial charge in [0.2, 0.25) is 5.91 Å². The number of thiazole rings is 1. The van der Waals surface area contributed by atoms with Gasteiger partial charge in [-0.1, -0.05) is 42.8 Å². The van der Waals surface area contributed by atoms with Crippen LogP contribution in [0.2, 0.25) is 0 Å². The number of carboxylic acids is 1. The molecule has 1 amide bonds. The Morgan fingerprint density at radius 1 is 1.13 bits per heavy atom. The van der Waals surface area contributed by atoms with Gasteiger partial charge in [-0.15, -0.1) is 11.3 Å². The van der Waals surface area contributed by atoms with Gasteiger partial charge in [-0.2, -0.15) is 0 Å². The van der Waals surface area contributed by atoms with E-state index in [2.05, 4.69) is 10.7 Å². The molecule has 1 fully saturated rings. The zero-order valence-electron chi connectivity index (χ0n) is 17.1. The predicted octanol–water partition coefficient (Wildman–Crippen LogP) is 5.85. The van der Waals surface area contributed by atoms with E-state index in [1.165, 1.54) is 25.0 Å². The van der Waals surface area contributed by atoms with Crippen molar-refractivity contribution in [1.29, 1.82) is 0 Å². The molecule has 0 spiro atoms. The normalized spacial score (nSPS) is 13.8. The molecule has 1 saturated carbocycles. The highest BCUT2D eigenvalue weighted by atomic mass is 32.1. The van der Waals surface area contributed by atoms with Crippen LogP contribution in [0.5, 0.6) is 0 Å². The van der Waals surface area contributed by atoms with E-state index in [-0.39, 0.29) is 17.9 Å². The highest BCUT2D eigenvalue weighted by molar-refractivity contribution is 7.10. The monoisotopic (exact) mass is 432 g/mol. The van der Waals surface area contributed by atoms with Crippen molar-refractivity contribution in [2.75, 3.05) is 5.32 Å². The Hall–Kier alpha value is -3.25. The average molecular weight is 433 g/mol. The van der Waals surface area contributed by atoms with Gasteiger partial charge in [0.15, 0.2) is 0 Å². The molecule has 5 nitrogen and oxygen atoms in total. The molecular formula is C25H24N2O3S. The molecule has 1 aromatic heterocycles. The number of aryl methyl sites for hydroxylation is 1. The van der Waals surface area contributed by atoms with Crippen molar-refractivity contribution in [2.45, 2.75) is 38.0 Å². The number of hydrogen-bond acceptors (Lipinski definition) is 4. The Morgan fingerprint density at radius 3 is 2.74 bits per heavy atom. The third-order valence-electron chi connectivity index (χ3n) is 5.52. The molecule has 1 aliphatic rings. The van der Waals surface area contributed by atoms with Crippen LogP contribution in [0.3, 0.4) is 0 Å². The number of aromatic carboxylic acids is 1. The van der Waals surface area contributed by atoms with Crippen molar-refractivity contribution in [3.8, 4) is 0 Å². The number of nitrogens with zero attached hydrogens (tertiary/aromatic N) is 1. The van der Waals surface area contributed by atoms with E-state index in [9.17, 15) is 14.7 Å². The summed E-state index contributed by atoms with van der Waals surface area (Å²) in [6, 6.07) is 14.4. The molecular weight excluding hydrogens is 408 g/mol. The molecule has 2 aromatic carbocycles. The molecule has 158 valence electrons. The van der Waals surface area contributed by atoms with E-state index in [0.717, 1.165) is 10.6 Å². The topological polar surface area (TPSA) is 79.3 Å². The van der Waals surface area contributed by atoms with E-state index in [0.29, 0.717) is 23.6 Å². The van der Waals surface area contributed by atoms with E-state index >= 15 is 0 Å². The van der Waals surface area contributed by atoms with E-state index in [4.69, 9.17) is 4.98 Å². The molecule has 1 heterocycles. The molecule has 0 unspecified atom stereocenters. The van der Waals surface area contributed by atoms with Gasteiger partial charge in [0, 0.05) is 23.4 Å². The number of anilines is 1. The summed E-state index contributed by atoms with van der Waals surface area (Å²) in [5.74, 6) is -0.485. The minimum absolute atomic E-state index is 0.147. The first-order valence-electron chi connectivity index (χ1n) is 10.4. The summed E-state index contributed by atoms with van der Waals surface area (Å²) in [6.45, 7) is 0. The fraction of sp³-hybridized carbons (Fsp3) is 0.240. The van der Waals surface area contributed by atoms with Gasteiger partial charge in [-0.25, -0.2) is 9.78 Å². The number of carbonyl (C=O) groups excluding carboxylic acids is 1. The molecule has 0 bridgehead atoms. The number of benzene rings is 2. The lowest BCUT2D eigenvalue weighted by Gasteiger charge is -2.22. The van der Waals surface area contributed by atoms with Crippen LogP contribution < -0.4 is 5.32 Å². The van der Waals surface area contributed by atoms with Crippen LogP contribution in [0.1, 0.15) is 63.8 Å². The first kappa shape index (κ1) is 21.0. The summed E-state index contributed by atoms with van der Waals surface area (Å²) in [6.07, 6.45) is 8.40. The summed E-state index contributed by atoms with van der Waals surface area (Å²) >= 11 is 1.66. The quantitative estimate of drug-likeness (QED) is 0.468. The van der Waals surface area contributed by atoms with Crippen molar-refractivity contribution in [2.24, 2.45) is 0 Å². The lowest BCUT2D eigenvalue weighted by atomic mass is 9.83. The second-order valence-corrected chi connectivity index (χ2v) is 8.60. The van der Waals surface area contributed by atoms with Crippen LogP contribution in [0.15, 0.2) is 53.9 Å². The van der Waals surface area contributed by atoms with Gasteiger partial charge in [-0.3, -0.25) is 4.79 Å². The highest BCUT2D eigenvalue weighted by Gasteiger charge is 2.21. The largest absolute Gasteiger partial charge is 0.478 e. The van der Waals surface area contributed by atoms with Gasteiger partial charge < -0.3 is 10.4 Å². The third kappa shape index (κ3) is 5.47. The second kappa shape index (κ2) is 9.71. The fourth-order valence-corrected chi connectivity index (χ4v) is 4.37. The maximum atomic E-state index is 12.4. The van der Waals surface area contributed by atoms with Gasteiger partial charge in [0.25, 0.3) is 0 Å². The number of nitrogens with one attached hydrogen (secondary N) is 1. The lowest BCUT2D eigenvalue weighted by Crippen LogP contribution is -2.13. The Balaban J connectivity index is 1.34. The summed E-state index contributed by atoms with van der Waals surface area (Å²) < 4.78 is 0. The molecule has 0 aliphatic heterocycles. The number of hydrogen-bond donors (Lipinski definition) is 2. The van der Waals surface area contributed by atoms with Crippen LogP contribution in [0.4, 0.5) is 5.69 Å². The van der Waals surface area contributed by atoms with Crippen molar-refractivity contribution in [1.82, 2.24) is 4.98 Å². The van der Waals surface area contributed by atoms with Gasteiger partial charge >= 0.3 is 5.97 Å². The van der Waals surface area contributed by atoms with Gasteiger partial charge in [-0.05, 0) is 54.7 Å². The first-order valence-corrected chi connectivity index (χ1v) is 11.3. The van der Waals surface area contributed by atoms with Crippen LogP contribution in [0.25, 0.3) is 12.2 Å². The number of carbonyl (C=O) groups is 2. The maximum Gasteiger partial charge on any atom is 0.335 e. The molecule has 0 saturated heterocycles. The Labute approximate surface area is 185 Å². The van der Waals surface area contributed by atoms with Gasteiger partial charge in [0.05, 0.1) is 11.3 Å². The summed E-state index contributed by atoms with van der Waals surface area (Å²) in [5.41, 5.74) is 3.81. The average Bonchev–Trinajstić information content (AvgIpc) is 3.18. The summed E-state index contributed by atoms with van der Waals surface area (Å²) in [4.78, 5) is 28.4. The van der Waals surface area contributed by atoms with Crippen molar-refractivity contribution < 1.29 is 14.7 Å². The highest BCUT2D eigenvalue weighted by Crippen LogP contribution is 2.36. The number of aromatic nitrogens is 1. The van der Waals surface area contributed by atoms with Crippen molar-refractivity contribution in [3.63, 3.8) is 0 Å². The molecule has 31 heavy (non-hydrogen) atoms. The molecule has 0 atom stereocenters. The van der Waals surface area contributed by atoms with Crippen LogP contribution in [0, 0.1) is 0 Å². The molecule has 2 N–H and O–H groups in total. The van der Waals surface area contributed by atoms with E-state index in [1.54, 1.807) is 35.6 Å². The maximum absolute atomic E-state index is 12.4. The summed E-state index contributed by atoms with van der Waals surface area (Å²) in [5, 5.41) is 15.3. The van der Waals surface area contributed by atoms with E-state index in [1.807, 2.05) is 36.4 Å². The van der Waals surface area contributed by atoms with Gasteiger partial charge in [0.1, 0.15) is 5.01 Å². The molecule has 3 aromatic rings. The Bertz CT molecular complexity index is 1120. The molecule has 4 rings (SSSR count). The van der Waals surface area contributed by atoms with Crippen molar-refractivity contribution >= 4 is 41.1 Å². The minimum Gasteiger partial charge on any atom is -0.478 e. The fourth-order valence-electron chi connectivity index (χ4n) is 3.58. The lowest BCUT2D eigenvalue weighted by molar-refractivity contribution is -0.116. The Kier molecular flexibility index (Phi) is 6.57. The molecule has 6 heteroatoms. The number of rotatable bonds is 8. The SMILES string of the molecule is O=C(CCc1ccccc1C(=O)O)Nc1cccc(/C=C/c2nc(C3CCC3)cs2)c1. The van der Waals surface area contributed by atoms with Crippen LogP contribution in [-0.4, -0.2) is 22.0 Å². The minimum atomic E-state index is -0.976. The number of carboxylic acid groups (broad SMARTS) is 1. The predicted molar refractivity (Wildman–Crippen MR) is 124 cm³/mol. The molecule has 0 radical (unpaired) electrons. The molecule has 1 aliphatic carbocycles. The Morgan fingerprint density at radius 2 is 1.97 bits per heavy atom. The van der Waals surface area contributed by atoms with Crippen LogP contribution >= 0.6 is 11.3 Å².